The Morgan fingerprint density at radius 2 is 2.00 bits per heavy atom. The van der Waals surface area contributed by atoms with E-state index in [2.05, 4.69) is 9.97 Å². The molecular weight excluding hydrogens is 204 g/mol. The third-order valence-corrected chi connectivity index (χ3v) is 3.05. The van der Waals surface area contributed by atoms with Crippen LogP contribution in [-0.4, -0.2) is 22.9 Å². The van der Waals surface area contributed by atoms with Crippen LogP contribution in [0.1, 0.15) is 48.8 Å². The number of carbonyl (C=O) groups excluding carboxylic acids is 1. The SMILES string of the molecule is CCOC1(c2ncc(C=O)cn2)CCCC1. The van der Waals surface area contributed by atoms with Crippen LogP contribution in [0.3, 0.4) is 0 Å². The van der Waals surface area contributed by atoms with Crippen molar-refractivity contribution in [3.05, 3.63) is 23.8 Å². The first-order valence-electron chi connectivity index (χ1n) is 5.72. The first-order chi connectivity index (χ1) is 7.80. The van der Waals surface area contributed by atoms with Crippen molar-refractivity contribution < 1.29 is 9.53 Å². The number of aromatic nitrogens is 2. The Morgan fingerprint density at radius 3 is 2.50 bits per heavy atom. The molecule has 0 aromatic carbocycles. The van der Waals surface area contributed by atoms with Gasteiger partial charge in [0, 0.05) is 19.0 Å². The summed E-state index contributed by atoms with van der Waals surface area (Å²) in [5, 5.41) is 0. The van der Waals surface area contributed by atoms with Crippen LogP contribution < -0.4 is 0 Å². The van der Waals surface area contributed by atoms with E-state index in [1.54, 1.807) is 12.4 Å². The molecule has 1 heterocycles. The van der Waals surface area contributed by atoms with Gasteiger partial charge in [-0.25, -0.2) is 9.97 Å². The molecule has 1 aliphatic carbocycles. The second kappa shape index (κ2) is 4.70. The van der Waals surface area contributed by atoms with Gasteiger partial charge in [0.05, 0.1) is 5.56 Å². The van der Waals surface area contributed by atoms with Gasteiger partial charge >= 0.3 is 0 Å². The lowest BCUT2D eigenvalue weighted by atomic mass is 10.0. The largest absolute Gasteiger partial charge is 0.367 e. The normalized spacial score (nSPS) is 18.6. The molecule has 86 valence electrons. The second-order valence-corrected chi connectivity index (χ2v) is 4.09. The van der Waals surface area contributed by atoms with Crippen molar-refractivity contribution >= 4 is 6.29 Å². The summed E-state index contributed by atoms with van der Waals surface area (Å²) < 4.78 is 5.84. The first kappa shape index (κ1) is 11.2. The molecule has 0 aliphatic heterocycles. The van der Waals surface area contributed by atoms with Gasteiger partial charge < -0.3 is 4.74 Å². The lowest BCUT2D eigenvalue weighted by Gasteiger charge is -2.26. The molecule has 4 heteroatoms. The molecule has 4 nitrogen and oxygen atoms in total. The summed E-state index contributed by atoms with van der Waals surface area (Å²) >= 11 is 0. The predicted octanol–water partition coefficient (Wildman–Crippen LogP) is 2.09. The summed E-state index contributed by atoms with van der Waals surface area (Å²) in [4.78, 5) is 19.0. The number of hydrogen-bond donors (Lipinski definition) is 0. The molecule has 0 N–H and O–H groups in total. The van der Waals surface area contributed by atoms with E-state index in [1.807, 2.05) is 6.92 Å². The van der Waals surface area contributed by atoms with Gasteiger partial charge in [-0.1, -0.05) is 0 Å². The van der Waals surface area contributed by atoms with Crippen LogP contribution in [0.15, 0.2) is 12.4 Å². The molecule has 0 spiro atoms. The Hall–Kier alpha value is -1.29. The number of ether oxygens (including phenoxy) is 1. The van der Waals surface area contributed by atoms with E-state index in [-0.39, 0.29) is 5.60 Å². The molecule has 0 atom stereocenters. The first-order valence-corrected chi connectivity index (χ1v) is 5.72. The van der Waals surface area contributed by atoms with Crippen LogP contribution in [0, 0.1) is 0 Å². The van der Waals surface area contributed by atoms with E-state index in [1.165, 1.54) is 0 Å². The Labute approximate surface area is 95.1 Å². The minimum atomic E-state index is -0.309. The molecule has 1 aromatic heterocycles. The number of carbonyl (C=O) groups is 1. The maximum Gasteiger partial charge on any atom is 0.160 e. The average molecular weight is 220 g/mol. The summed E-state index contributed by atoms with van der Waals surface area (Å²) in [6.07, 6.45) is 8.13. The third-order valence-electron chi connectivity index (χ3n) is 3.05. The molecule has 0 saturated heterocycles. The highest BCUT2D eigenvalue weighted by atomic mass is 16.5. The lowest BCUT2D eigenvalue weighted by molar-refractivity contribution is -0.0457. The maximum absolute atomic E-state index is 10.5. The van der Waals surface area contributed by atoms with Crippen molar-refractivity contribution in [3.8, 4) is 0 Å². The standard InChI is InChI=1S/C12H16N2O2/c1-2-16-12(5-3-4-6-12)11-13-7-10(9-15)8-14-11/h7-9H,2-6H2,1H3. The van der Waals surface area contributed by atoms with Crippen LogP contribution in [0.25, 0.3) is 0 Å². The van der Waals surface area contributed by atoms with E-state index < -0.39 is 0 Å². The number of nitrogens with zero attached hydrogens (tertiary/aromatic N) is 2. The molecule has 1 fully saturated rings. The van der Waals surface area contributed by atoms with Gasteiger partial charge in [0.1, 0.15) is 5.60 Å². The molecular formula is C12H16N2O2. The van der Waals surface area contributed by atoms with E-state index in [4.69, 9.17) is 4.74 Å². The van der Waals surface area contributed by atoms with Gasteiger partial charge in [0.15, 0.2) is 12.1 Å². The van der Waals surface area contributed by atoms with Crippen molar-refractivity contribution in [2.45, 2.75) is 38.2 Å². The van der Waals surface area contributed by atoms with Gasteiger partial charge in [-0.3, -0.25) is 4.79 Å². The minimum absolute atomic E-state index is 0.309. The number of rotatable bonds is 4. The number of hydrogen-bond acceptors (Lipinski definition) is 4. The van der Waals surface area contributed by atoms with Gasteiger partial charge in [0.2, 0.25) is 0 Å². The Kier molecular flexibility index (Phi) is 3.29. The summed E-state index contributed by atoms with van der Waals surface area (Å²) in [7, 11) is 0. The Bertz CT molecular complexity index is 356. The fraction of sp³-hybridized carbons (Fsp3) is 0.583. The zero-order valence-corrected chi connectivity index (χ0v) is 9.48. The van der Waals surface area contributed by atoms with E-state index in [9.17, 15) is 4.79 Å². The summed E-state index contributed by atoms with van der Waals surface area (Å²) in [5.74, 6) is 0.720. The van der Waals surface area contributed by atoms with E-state index in [0.29, 0.717) is 12.2 Å². The van der Waals surface area contributed by atoms with Crippen molar-refractivity contribution in [2.24, 2.45) is 0 Å². The molecule has 1 aromatic rings. The highest BCUT2D eigenvalue weighted by Gasteiger charge is 2.38. The second-order valence-electron chi connectivity index (χ2n) is 4.09. The van der Waals surface area contributed by atoms with Crippen LogP contribution in [0.2, 0.25) is 0 Å². The summed E-state index contributed by atoms with van der Waals surface area (Å²) in [5.41, 5.74) is 0.198. The van der Waals surface area contributed by atoms with E-state index >= 15 is 0 Å². The van der Waals surface area contributed by atoms with Crippen LogP contribution >= 0.6 is 0 Å². The van der Waals surface area contributed by atoms with Crippen molar-refractivity contribution in [3.63, 3.8) is 0 Å². The third kappa shape index (κ3) is 1.97. The molecule has 16 heavy (non-hydrogen) atoms. The Balaban J connectivity index is 2.27. The quantitative estimate of drug-likeness (QED) is 0.729. The minimum Gasteiger partial charge on any atom is -0.367 e. The zero-order chi connectivity index (χ0) is 11.4. The van der Waals surface area contributed by atoms with Crippen LogP contribution in [-0.2, 0) is 10.3 Å². The van der Waals surface area contributed by atoms with Gasteiger partial charge in [-0.05, 0) is 32.6 Å². The smallest absolute Gasteiger partial charge is 0.160 e. The zero-order valence-electron chi connectivity index (χ0n) is 9.48. The molecule has 2 rings (SSSR count). The molecule has 0 bridgehead atoms. The van der Waals surface area contributed by atoms with Gasteiger partial charge in [-0.2, -0.15) is 0 Å². The predicted molar refractivity (Wildman–Crippen MR) is 59.2 cm³/mol. The molecule has 1 saturated carbocycles. The monoisotopic (exact) mass is 220 g/mol. The topological polar surface area (TPSA) is 52.1 Å². The molecule has 1 aliphatic rings. The summed E-state index contributed by atoms with van der Waals surface area (Å²) in [6.45, 7) is 2.65. The van der Waals surface area contributed by atoms with Crippen molar-refractivity contribution in [1.82, 2.24) is 9.97 Å². The average Bonchev–Trinajstić information content (AvgIpc) is 2.80. The number of aldehydes is 1. The highest BCUT2D eigenvalue weighted by molar-refractivity contribution is 5.73. The fourth-order valence-corrected chi connectivity index (χ4v) is 2.29. The molecule has 0 radical (unpaired) electrons. The van der Waals surface area contributed by atoms with Crippen molar-refractivity contribution in [1.29, 1.82) is 0 Å². The van der Waals surface area contributed by atoms with Gasteiger partial charge in [0.25, 0.3) is 0 Å². The van der Waals surface area contributed by atoms with Crippen LogP contribution in [0.4, 0.5) is 0 Å². The summed E-state index contributed by atoms with van der Waals surface area (Å²) in [6, 6.07) is 0. The van der Waals surface area contributed by atoms with Gasteiger partial charge in [-0.15, -0.1) is 0 Å². The van der Waals surface area contributed by atoms with Crippen LogP contribution in [0.5, 0.6) is 0 Å². The lowest BCUT2D eigenvalue weighted by Crippen LogP contribution is -2.28. The Morgan fingerprint density at radius 1 is 1.38 bits per heavy atom. The fourth-order valence-electron chi connectivity index (χ4n) is 2.29. The highest BCUT2D eigenvalue weighted by Crippen LogP contribution is 2.40. The molecule has 0 amide bonds. The van der Waals surface area contributed by atoms with Crippen molar-refractivity contribution in [2.75, 3.05) is 6.61 Å². The van der Waals surface area contributed by atoms with E-state index in [0.717, 1.165) is 37.8 Å². The maximum atomic E-state index is 10.5. The molecule has 0 unspecified atom stereocenters.